The van der Waals surface area contributed by atoms with Gasteiger partial charge in [-0.25, -0.2) is 0 Å². The number of hydrogen-bond acceptors (Lipinski definition) is 6. The fourth-order valence-electron chi connectivity index (χ4n) is 4.78. The number of aryl methyl sites for hydroxylation is 1. The average molecular weight is 434 g/mol. The normalized spacial score (nSPS) is 28.6. The van der Waals surface area contributed by atoms with Crippen LogP contribution in [0.3, 0.4) is 0 Å². The monoisotopic (exact) mass is 434 g/mol. The molecule has 2 aromatic carbocycles. The van der Waals surface area contributed by atoms with Gasteiger partial charge in [-0.1, -0.05) is 35.9 Å². The van der Waals surface area contributed by atoms with Crippen LogP contribution in [0.1, 0.15) is 46.4 Å². The summed E-state index contributed by atoms with van der Waals surface area (Å²) in [5.74, 6) is 0.509. The molecule has 4 N–H and O–H groups in total. The van der Waals surface area contributed by atoms with Crippen LogP contribution in [0, 0.1) is 0 Å². The lowest BCUT2D eigenvalue weighted by Crippen LogP contribution is -2.55. The second-order valence-electron chi connectivity index (χ2n) is 8.85. The Morgan fingerprint density at radius 2 is 1.81 bits per heavy atom. The molecule has 166 valence electrons. The highest BCUT2D eigenvalue weighted by Crippen LogP contribution is 2.40. The van der Waals surface area contributed by atoms with Gasteiger partial charge in [-0.15, -0.1) is 0 Å². The molecule has 0 amide bonds. The minimum Gasteiger partial charge on any atom is -0.496 e. The van der Waals surface area contributed by atoms with E-state index in [9.17, 15) is 20.4 Å². The third-order valence-corrected chi connectivity index (χ3v) is 6.68. The maximum absolute atomic E-state index is 10.6. The van der Waals surface area contributed by atoms with Crippen molar-refractivity contribution in [2.24, 2.45) is 0 Å². The van der Waals surface area contributed by atoms with Crippen LogP contribution in [0.4, 0.5) is 0 Å². The molecule has 6 nitrogen and oxygen atoms in total. The van der Waals surface area contributed by atoms with Crippen LogP contribution >= 0.6 is 0 Å². The summed E-state index contributed by atoms with van der Waals surface area (Å²) in [6, 6.07) is 9.96. The summed E-state index contributed by atoms with van der Waals surface area (Å²) in [6.45, 7) is 1.56. The van der Waals surface area contributed by atoms with Crippen molar-refractivity contribution in [1.29, 1.82) is 0 Å². The van der Waals surface area contributed by atoms with Crippen LogP contribution in [0.25, 0.3) is 0 Å². The van der Waals surface area contributed by atoms with Gasteiger partial charge in [0.05, 0.1) is 29.4 Å². The van der Waals surface area contributed by atoms with Crippen LogP contribution in [-0.4, -0.2) is 74.3 Å². The summed E-state index contributed by atoms with van der Waals surface area (Å²) in [5, 5.41) is 39.8. The smallest absolute Gasteiger partial charge is 0.125 e. The summed E-state index contributed by atoms with van der Waals surface area (Å²) in [4.78, 5) is 0. The van der Waals surface area contributed by atoms with Crippen LogP contribution in [0.5, 0.6) is 5.75 Å². The topological polar surface area (TPSA) is 99.4 Å². The van der Waals surface area contributed by atoms with E-state index in [1.54, 1.807) is 0 Å². The maximum Gasteiger partial charge on any atom is 0.125 e. The van der Waals surface area contributed by atoms with E-state index in [4.69, 9.17) is 25.2 Å². The number of ether oxygens (including phenoxy) is 2. The Labute approximate surface area is 191 Å². The SMILES string of the molecule is [B]C1([B])Cc2ccc(Cc3cc([C@@H]4O[C@H](CO)[C@@H](O)[C@H](O)[C@H]4O)c(OC)cc3CC)cc21. The second kappa shape index (κ2) is 8.84. The van der Waals surface area contributed by atoms with Gasteiger partial charge in [0.2, 0.25) is 0 Å². The average Bonchev–Trinajstić information content (AvgIpc) is 2.78. The standard InChI is InChI=1S/C24H28B2O6/c1-3-13-9-18(31-2)16(23-22(30)21(29)20(28)19(11-27)32-23)8-15(13)6-12-4-5-14-10-24(25,26)17(14)7-12/h4-5,7-9,19-23,27-30H,3,6,10-11H2,1-2H3/t19-,20-,21+,22-,23+/m1/s1. The van der Waals surface area contributed by atoms with Gasteiger partial charge in [0.25, 0.3) is 0 Å². The number of fused-ring (bicyclic) bond motifs is 1. The van der Waals surface area contributed by atoms with Crippen molar-refractivity contribution in [3.63, 3.8) is 0 Å². The van der Waals surface area contributed by atoms with E-state index in [-0.39, 0.29) is 0 Å². The molecule has 0 spiro atoms. The van der Waals surface area contributed by atoms with Gasteiger partial charge in [-0.2, -0.15) is 0 Å². The first-order valence-electron chi connectivity index (χ1n) is 10.9. The molecule has 8 heteroatoms. The fraction of sp³-hybridized carbons (Fsp3) is 0.500. The van der Waals surface area contributed by atoms with Gasteiger partial charge in [0, 0.05) is 5.56 Å². The Morgan fingerprint density at radius 3 is 2.44 bits per heavy atom. The van der Waals surface area contributed by atoms with Crippen molar-refractivity contribution < 1.29 is 29.9 Å². The molecular formula is C24H28B2O6. The molecule has 1 heterocycles. The molecule has 4 rings (SSSR count). The van der Waals surface area contributed by atoms with Crippen LogP contribution in [0.15, 0.2) is 30.3 Å². The molecule has 1 aliphatic heterocycles. The molecular weight excluding hydrogens is 406 g/mol. The van der Waals surface area contributed by atoms with Crippen molar-refractivity contribution in [3.8, 4) is 5.75 Å². The molecule has 1 fully saturated rings. The van der Waals surface area contributed by atoms with E-state index in [1.165, 1.54) is 7.11 Å². The molecule has 2 aromatic rings. The van der Waals surface area contributed by atoms with Crippen molar-refractivity contribution in [1.82, 2.24) is 0 Å². The number of aliphatic hydroxyl groups excluding tert-OH is 4. The van der Waals surface area contributed by atoms with E-state index in [0.717, 1.165) is 34.2 Å². The van der Waals surface area contributed by atoms with E-state index in [0.29, 0.717) is 24.2 Å². The Balaban J connectivity index is 1.72. The van der Waals surface area contributed by atoms with E-state index < -0.39 is 42.3 Å². The Kier molecular flexibility index (Phi) is 6.45. The summed E-state index contributed by atoms with van der Waals surface area (Å²) >= 11 is 0. The Hall–Kier alpha value is -1.83. The highest BCUT2D eigenvalue weighted by molar-refractivity contribution is 6.41. The first-order chi connectivity index (χ1) is 15.2. The summed E-state index contributed by atoms with van der Waals surface area (Å²) < 4.78 is 11.4. The van der Waals surface area contributed by atoms with Crippen molar-refractivity contribution in [2.45, 2.75) is 61.9 Å². The summed E-state index contributed by atoms with van der Waals surface area (Å²) in [5.41, 5.74) is 5.81. The zero-order valence-electron chi connectivity index (χ0n) is 18.4. The molecule has 0 aromatic heterocycles. The molecule has 32 heavy (non-hydrogen) atoms. The quantitative estimate of drug-likeness (QED) is 0.492. The highest BCUT2D eigenvalue weighted by Gasteiger charge is 2.45. The summed E-state index contributed by atoms with van der Waals surface area (Å²) in [7, 11) is 13.8. The van der Waals surface area contributed by atoms with Crippen molar-refractivity contribution >= 4 is 15.7 Å². The van der Waals surface area contributed by atoms with Crippen LogP contribution < -0.4 is 4.74 Å². The largest absolute Gasteiger partial charge is 0.496 e. The molecule has 1 saturated heterocycles. The number of rotatable bonds is 6. The van der Waals surface area contributed by atoms with Gasteiger partial charge in [-0.05, 0) is 53.6 Å². The zero-order chi connectivity index (χ0) is 23.2. The predicted octanol–water partition coefficient (Wildman–Crippen LogP) is 0.409. The van der Waals surface area contributed by atoms with Crippen molar-refractivity contribution in [2.75, 3.05) is 13.7 Å². The summed E-state index contributed by atoms with van der Waals surface area (Å²) in [6.07, 6.45) is -4.18. The third-order valence-electron chi connectivity index (χ3n) is 6.68. The van der Waals surface area contributed by atoms with Crippen LogP contribution in [0.2, 0.25) is 0 Å². The molecule has 0 bridgehead atoms. The Bertz CT molecular complexity index is 993. The van der Waals surface area contributed by atoms with E-state index >= 15 is 0 Å². The lowest BCUT2D eigenvalue weighted by Gasteiger charge is -2.40. The van der Waals surface area contributed by atoms with Gasteiger partial charge in [0.15, 0.2) is 0 Å². The molecule has 2 aliphatic rings. The fourth-order valence-corrected chi connectivity index (χ4v) is 4.78. The second-order valence-corrected chi connectivity index (χ2v) is 8.85. The number of methoxy groups -OCH3 is 1. The number of hydrogen-bond donors (Lipinski definition) is 4. The third kappa shape index (κ3) is 3.99. The lowest BCUT2D eigenvalue weighted by molar-refractivity contribution is -0.232. The minimum absolute atomic E-state index is 0.487. The molecule has 5 atom stereocenters. The molecule has 1 aliphatic carbocycles. The number of aliphatic hydroxyl groups is 4. The number of benzene rings is 2. The van der Waals surface area contributed by atoms with E-state index in [1.807, 2.05) is 25.1 Å². The zero-order valence-corrected chi connectivity index (χ0v) is 18.4. The van der Waals surface area contributed by atoms with Crippen molar-refractivity contribution in [3.05, 3.63) is 63.7 Å². The van der Waals surface area contributed by atoms with E-state index in [2.05, 4.69) is 12.1 Å². The highest BCUT2D eigenvalue weighted by atomic mass is 16.5. The first-order valence-corrected chi connectivity index (χ1v) is 10.9. The maximum atomic E-state index is 10.6. The Morgan fingerprint density at radius 1 is 1.06 bits per heavy atom. The minimum atomic E-state index is -1.46. The molecule has 4 radical (unpaired) electrons. The van der Waals surface area contributed by atoms with Gasteiger partial charge >= 0.3 is 0 Å². The van der Waals surface area contributed by atoms with Gasteiger partial charge in [0.1, 0.15) is 36.3 Å². The van der Waals surface area contributed by atoms with Gasteiger partial charge in [-0.3, -0.25) is 0 Å². The predicted molar refractivity (Wildman–Crippen MR) is 121 cm³/mol. The van der Waals surface area contributed by atoms with Gasteiger partial charge < -0.3 is 29.9 Å². The lowest BCUT2D eigenvalue weighted by atomic mass is 9.42. The molecule has 0 unspecified atom stereocenters. The first kappa shape index (κ1) is 23.3. The van der Waals surface area contributed by atoms with Crippen LogP contribution in [-0.2, 0) is 29.2 Å². The molecule has 0 saturated carbocycles.